The van der Waals surface area contributed by atoms with Crippen LogP contribution in [0.2, 0.25) is 0 Å². The fourth-order valence-corrected chi connectivity index (χ4v) is 1.51. The summed E-state index contributed by atoms with van der Waals surface area (Å²) in [6.07, 6.45) is 1.90. The first-order chi connectivity index (χ1) is 8.70. The van der Waals surface area contributed by atoms with Gasteiger partial charge in [-0.05, 0) is 5.56 Å². The Morgan fingerprint density at radius 3 is 2.78 bits per heavy atom. The summed E-state index contributed by atoms with van der Waals surface area (Å²) in [6.45, 7) is 0. The Bertz CT molecular complexity index is 522. The van der Waals surface area contributed by atoms with Gasteiger partial charge in [-0.25, -0.2) is 10.0 Å². The van der Waals surface area contributed by atoms with Crippen molar-refractivity contribution < 1.29 is 14.0 Å². The van der Waals surface area contributed by atoms with Crippen LogP contribution in [0.4, 0.5) is 0 Å². The quantitative estimate of drug-likeness (QED) is 0.773. The highest BCUT2D eigenvalue weighted by Gasteiger charge is 2.16. The summed E-state index contributed by atoms with van der Waals surface area (Å²) in [7, 11) is 2.94. The van der Waals surface area contributed by atoms with Gasteiger partial charge in [0.15, 0.2) is 11.6 Å². The minimum Gasteiger partial charge on any atom is -0.448 e. The van der Waals surface area contributed by atoms with Gasteiger partial charge in [0, 0.05) is 13.5 Å². The Morgan fingerprint density at radius 1 is 1.39 bits per heavy atom. The average Bonchev–Trinajstić information content (AvgIpc) is 2.86. The summed E-state index contributed by atoms with van der Waals surface area (Å²) in [5, 5.41) is 1.10. The molecule has 0 saturated heterocycles. The van der Waals surface area contributed by atoms with Crippen molar-refractivity contribution in [3.05, 3.63) is 53.7 Å². The second kappa shape index (κ2) is 5.46. The van der Waals surface area contributed by atoms with E-state index in [1.807, 2.05) is 30.3 Å². The van der Waals surface area contributed by atoms with Gasteiger partial charge in [0.2, 0.25) is 0 Å². The number of nitrogens with zero attached hydrogens (tertiary/aromatic N) is 2. The molecule has 5 nitrogen and oxygen atoms in total. The van der Waals surface area contributed by atoms with Crippen molar-refractivity contribution in [2.45, 2.75) is 6.42 Å². The van der Waals surface area contributed by atoms with Gasteiger partial charge in [-0.3, -0.25) is 9.63 Å². The van der Waals surface area contributed by atoms with Crippen LogP contribution in [0.3, 0.4) is 0 Å². The van der Waals surface area contributed by atoms with Crippen molar-refractivity contribution in [3.63, 3.8) is 0 Å². The molecule has 0 radical (unpaired) electrons. The van der Waals surface area contributed by atoms with Crippen LogP contribution in [0.25, 0.3) is 0 Å². The highest BCUT2D eigenvalue weighted by Crippen LogP contribution is 2.10. The molecule has 1 aromatic carbocycles. The van der Waals surface area contributed by atoms with E-state index in [1.54, 1.807) is 0 Å². The van der Waals surface area contributed by atoms with Gasteiger partial charge in [0.25, 0.3) is 5.91 Å². The van der Waals surface area contributed by atoms with Crippen LogP contribution in [0.1, 0.15) is 21.9 Å². The molecule has 1 aromatic heterocycles. The molecule has 0 aliphatic heterocycles. The number of hydroxylamine groups is 2. The molecule has 2 rings (SSSR count). The lowest BCUT2D eigenvalue weighted by Crippen LogP contribution is -2.25. The molecule has 0 N–H and O–H groups in total. The summed E-state index contributed by atoms with van der Waals surface area (Å²) in [5.41, 5.74) is 1.32. The second-order valence-corrected chi connectivity index (χ2v) is 3.77. The third-order valence-corrected chi connectivity index (χ3v) is 2.53. The molecular formula is C13H14N2O3. The predicted molar refractivity (Wildman–Crippen MR) is 64.9 cm³/mol. The van der Waals surface area contributed by atoms with Crippen LogP contribution >= 0.6 is 0 Å². The van der Waals surface area contributed by atoms with Crippen LogP contribution < -0.4 is 0 Å². The van der Waals surface area contributed by atoms with E-state index in [0.717, 1.165) is 10.6 Å². The fraction of sp³-hybridized carbons (Fsp3) is 0.231. The number of hydrogen-bond donors (Lipinski definition) is 0. The Hall–Kier alpha value is -2.14. The van der Waals surface area contributed by atoms with Crippen LogP contribution in [-0.2, 0) is 11.3 Å². The van der Waals surface area contributed by atoms with Crippen LogP contribution in [0.5, 0.6) is 0 Å². The predicted octanol–water partition coefficient (Wildman–Crippen LogP) is 1.90. The lowest BCUT2D eigenvalue weighted by molar-refractivity contribution is -0.0760. The normalized spacial score (nSPS) is 10.3. The minimum absolute atomic E-state index is 0.241. The maximum absolute atomic E-state index is 11.7. The van der Waals surface area contributed by atoms with E-state index in [-0.39, 0.29) is 11.6 Å². The molecule has 1 amide bonds. The molecule has 18 heavy (non-hydrogen) atoms. The molecule has 1 heterocycles. The van der Waals surface area contributed by atoms with Gasteiger partial charge in [-0.1, -0.05) is 30.3 Å². The molecule has 0 unspecified atom stereocenters. The van der Waals surface area contributed by atoms with Crippen LogP contribution in [0, 0.1) is 0 Å². The Labute approximate surface area is 105 Å². The molecule has 0 spiro atoms. The van der Waals surface area contributed by atoms with E-state index >= 15 is 0 Å². The van der Waals surface area contributed by atoms with E-state index < -0.39 is 0 Å². The van der Waals surface area contributed by atoms with Crippen molar-refractivity contribution in [1.82, 2.24) is 10.0 Å². The van der Waals surface area contributed by atoms with Crippen molar-refractivity contribution in [2.75, 3.05) is 14.2 Å². The molecule has 0 fully saturated rings. The first-order valence-corrected chi connectivity index (χ1v) is 5.51. The van der Waals surface area contributed by atoms with E-state index in [9.17, 15) is 4.79 Å². The zero-order valence-corrected chi connectivity index (χ0v) is 10.3. The molecule has 5 heteroatoms. The number of amides is 1. The summed E-state index contributed by atoms with van der Waals surface area (Å²) in [4.78, 5) is 20.7. The first kappa shape index (κ1) is 12.3. The van der Waals surface area contributed by atoms with Crippen LogP contribution in [0.15, 0.2) is 41.0 Å². The van der Waals surface area contributed by atoms with E-state index in [0.29, 0.717) is 12.3 Å². The number of carbonyl (C=O) groups excluding carboxylic acids is 1. The van der Waals surface area contributed by atoms with Gasteiger partial charge < -0.3 is 4.42 Å². The molecule has 0 aliphatic rings. The molecule has 94 valence electrons. The van der Waals surface area contributed by atoms with E-state index in [2.05, 4.69) is 4.98 Å². The lowest BCUT2D eigenvalue weighted by atomic mass is 10.1. The zero-order chi connectivity index (χ0) is 13.0. The fourth-order valence-electron chi connectivity index (χ4n) is 1.51. The topological polar surface area (TPSA) is 55.6 Å². The summed E-state index contributed by atoms with van der Waals surface area (Å²) in [5.74, 6) is 0.176. The monoisotopic (exact) mass is 246 g/mol. The SMILES string of the molecule is CON(C)C(=O)c1coc(Cc2ccccc2)n1. The Kier molecular flexibility index (Phi) is 3.74. The zero-order valence-electron chi connectivity index (χ0n) is 10.3. The van der Waals surface area contributed by atoms with Gasteiger partial charge in [0.05, 0.1) is 7.11 Å². The molecule has 0 bridgehead atoms. The number of benzene rings is 1. The van der Waals surface area contributed by atoms with Crippen molar-refractivity contribution >= 4 is 5.91 Å². The summed E-state index contributed by atoms with van der Waals surface area (Å²) < 4.78 is 5.27. The highest BCUT2D eigenvalue weighted by atomic mass is 16.7. The summed E-state index contributed by atoms with van der Waals surface area (Å²) in [6, 6.07) is 9.80. The lowest BCUT2D eigenvalue weighted by Gasteiger charge is -2.10. The van der Waals surface area contributed by atoms with E-state index in [4.69, 9.17) is 9.25 Å². The molecule has 0 aliphatic carbocycles. The number of oxazole rings is 1. The van der Waals surface area contributed by atoms with Gasteiger partial charge in [-0.2, -0.15) is 0 Å². The largest absolute Gasteiger partial charge is 0.448 e. The van der Waals surface area contributed by atoms with Crippen molar-refractivity contribution in [1.29, 1.82) is 0 Å². The Balaban J connectivity index is 2.09. The smallest absolute Gasteiger partial charge is 0.299 e. The maximum Gasteiger partial charge on any atom is 0.299 e. The second-order valence-electron chi connectivity index (χ2n) is 3.77. The third-order valence-electron chi connectivity index (χ3n) is 2.53. The average molecular weight is 246 g/mol. The Morgan fingerprint density at radius 2 is 2.11 bits per heavy atom. The molecule has 0 saturated carbocycles. The highest BCUT2D eigenvalue weighted by molar-refractivity contribution is 5.91. The first-order valence-electron chi connectivity index (χ1n) is 5.51. The molecule has 2 aromatic rings. The van der Waals surface area contributed by atoms with Gasteiger partial charge in [-0.15, -0.1) is 0 Å². The van der Waals surface area contributed by atoms with Crippen molar-refractivity contribution in [2.24, 2.45) is 0 Å². The molecule has 0 atom stereocenters. The van der Waals surface area contributed by atoms with Gasteiger partial charge >= 0.3 is 0 Å². The summed E-state index contributed by atoms with van der Waals surface area (Å²) >= 11 is 0. The number of hydrogen-bond acceptors (Lipinski definition) is 4. The van der Waals surface area contributed by atoms with Gasteiger partial charge in [0.1, 0.15) is 6.26 Å². The van der Waals surface area contributed by atoms with E-state index in [1.165, 1.54) is 20.4 Å². The maximum atomic E-state index is 11.7. The number of aromatic nitrogens is 1. The number of rotatable bonds is 4. The van der Waals surface area contributed by atoms with Crippen molar-refractivity contribution in [3.8, 4) is 0 Å². The molecular weight excluding hydrogens is 232 g/mol. The minimum atomic E-state index is -0.333. The third kappa shape index (κ3) is 2.75. The standard InChI is InChI=1S/C13H14N2O3/c1-15(17-2)13(16)11-9-18-12(14-11)8-10-6-4-3-5-7-10/h3-7,9H,8H2,1-2H3. The van der Waals surface area contributed by atoms with Crippen LogP contribution in [-0.4, -0.2) is 30.1 Å². The number of carbonyl (C=O) groups is 1.